The van der Waals surface area contributed by atoms with E-state index in [1.165, 1.54) is 24.3 Å². The lowest BCUT2D eigenvalue weighted by molar-refractivity contribution is -0.121. The van der Waals surface area contributed by atoms with Crippen molar-refractivity contribution in [2.24, 2.45) is 5.73 Å². The van der Waals surface area contributed by atoms with Crippen LogP contribution in [-0.4, -0.2) is 31.8 Å². The third-order valence-corrected chi connectivity index (χ3v) is 6.99. The number of carbonyl (C=O) groups excluding carboxylic acids is 1. The second-order valence-corrected chi connectivity index (χ2v) is 9.29. The fraction of sp³-hybridized carbons (Fsp3) is 0.174. The van der Waals surface area contributed by atoms with E-state index in [2.05, 4.69) is 0 Å². The van der Waals surface area contributed by atoms with Gasteiger partial charge in [0.15, 0.2) is 0 Å². The second-order valence-electron chi connectivity index (χ2n) is 6.96. The smallest absolute Gasteiger partial charge is 0.244 e. The van der Waals surface area contributed by atoms with Gasteiger partial charge in [0, 0.05) is 11.6 Å². The molecule has 0 unspecified atom stereocenters. The molecule has 2 N–H and O–H groups in total. The van der Waals surface area contributed by atoms with E-state index in [9.17, 15) is 13.2 Å². The zero-order valence-electron chi connectivity index (χ0n) is 16.9. The molecule has 0 spiro atoms. The molecule has 0 aromatic heterocycles. The number of rotatable bonds is 9. The van der Waals surface area contributed by atoms with Crippen molar-refractivity contribution in [2.75, 3.05) is 7.11 Å². The molecular weight excluding hydrogens is 436 g/mol. The Kier molecular flexibility index (Phi) is 7.33. The molecule has 1 amide bonds. The zero-order valence-corrected chi connectivity index (χ0v) is 18.5. The van der Waals surface area contributed by atoms with Gasteiger partial charge in [-0.25, -0.2) is 8.42 Å². The Morgan fingerprint density at radius 3 is 2.13 bits per heavy atom. The molecule has 0 aliphatic rings. The van der Waals surface area contributed by atoms with Crippen LogP contribution in [0.5, 0.6) is 5.75 Å². The molecule has 3 aromatic rings. The predicted molar refractivity (Wildman–Crippen MR) is 120 cm³/mol. The summed E-state index contributed by atoms with van der Waals surface area (Å²) >= 11 is 5.93. The summed E-state index contributed by atoms with van der Waals surface area (Å²) < 4.78 is 33.4. The first-order valence-corrected chi connectivity index (χ1v) is 11.4. The average Bonchev–Trinajstić information content (AvgIpc) is 2.77. The Labute approximate surface area is 187 Å². The highest BCUT2D eigenvalue weighted by Gasteiger charge is 2.35. The van der Waals surface area contributed by atoms with Crippen molar-refractivity contribution in [3.8, 4) is 5.75 Å². The van der Waals surface area contributed by atoms with Crippen LogP contribution < -0.4 is 10.5 Å². The summed E-state index contributed by atoms with van der Waals surface area (Å²) in [5, 5.41) is 0.413. The Balaban J connectivity index is 2.04. The van der Waals surface area contributed by atoms with Crippen LogP contribution in [0.25, 0.3) is 0 Å². The SMILES string of the molecule is COc1ccc(CN([C@H](Cc2ccccc2)C(N)=O)S(=O)(=O)c2ccc(Cl)cc2)cc1. The largest absolute Gasteiger partial charge is 0.497 e. The Bertz CT molecular complexity index is 1120. The van der Waals surface area contributed by atoms with Crippen molar-refractivity contribution in [2.45, 2.75) is 23.9 Å². The summed E-state index contributed by atoms with van der Waals surface area (Å²) in [5.41, 5.74) is 7.19. The number of primary amides is 1. The van der Waals surface area contributed by atoms with Crippen molar-refractivity contribution in [3.63, 3.8) is 0 Å². The van der Waals surface area contributed by atoms with E-state index in [4.69, 9.17) is 22.1 Å². The number of halogens is 1. The standard InChI is InChI=1S/C23H23ClN2O4S/c1-30-20-11-7-18(8-12-20)16-26(31(28,29)21-13-9-19(24)10-14-21)22(23(25)27)15-17-5-3-2-4-6-17/h2-14,22H,15-16H2,1H3,(H2,25,27)/t22-/m1/s1. The third-order valence-electron chi connectivity index (χ3n) is 4.87. The van der Waals surface area contributed by atoms with Gasteiger partial charge in [0.05, 0.1) is 12.0 Å². The fourth-order valence-electron chi connectivity index (χ4n) is 3.20. The molecule has 0 aliphatic heterocycles. The fourth-order valence-corrected chi connectivity index (χ4v) is 4.91. The van der Waals surface area contributed by atoms with Crippen LogP contribution in [0.1, 0.15) is 11.1 Å². The number of sulfonamides is 1. The minimum absolute atomic E-state index is 0.0322. The topological polar surface area (TPSA) is 89.7 Å². The summed E-state index contributed by atoms with van der Waals surface area (Å²) in [6.45, 7) is -0.0323. The number of nitrogens with two attached hydrogens (primary N) is 1. The van der Waals surface area contributed by atoms with Crippen molar-refractivity contribution in [1.29, 1.82) is 0 Å². The van der Waals surface area contributed by atoms with E-state index in [1.807, 2.05) is 30.3 Å². The van der Waals surface area contributed by atoms with Crippen LogP contribution in [0.3, 0.4) is 0 Å². The Hall–Kier alpha value is -2.87. The van der Waals surface area contributed by atoms with Crippen LogP contribution >= 0.6 is 11.6 Å². The van der Waals surface area contributed by atoms with E-state index in [1.54, 1.807) is 31.4 Å². The van der Waals surface area contributed by atoms with Crippen LogP contribution in [0, 0.1) is 0 Å². The number of hydrogen-bond donors (Lipinski definition) is 1. The van der Waals surface area contributed by atoms with Gasteiger partial charge in [-0.1, -0.05) is 54.1 Å². The van der Waals surface area contributed by atoms with Crippen LogP contribution in [0.2, 0.25) is 5.02 Å². The van der Waals surface area contributed by atoms with E-state index < -0.39 is 22.0 Å². The molecular formula is C23H23ClN2O4S. The summed E-state index contributed by atoms with van der Waals surface area (Å²) in [7, 11) is -2.50. The molecule has 0 saturated carbocycles. The molecule has 0 aliphatic carbocycles. The quantitative estimate of drug-likeness (QED) is 0.530. The van der Waals surface area contributed by atoms with Gasteiger partial charge in [-0.05, 0) is 53.9 Å². The lowest BCUT2D eigenvalue weighted by atomic mass is 10.0. The summed E-state index contributed by atoms with van der Waals surface area (Å²) in [5.74, 6) is -0.0819. The molecule has 0 bridgehead atoms. The van der Waals surface area contributed by atoms with Gasteiger partial charge in [-0.3, -0.25) is 4.79 Å². The van der Waals surface area contributed by atoms with Gasteiger partial charge in [0.1, 0.15) is 11.8 Å². The third kappa shape index (κ3) is 5.64. The minimum Gasteiger partial charge on any atom is -0.497 e. The zero-order chi connectivity index (χ0) is 22.4. The molecule has 0 heterocycles. The van der Waals surface area contributed by atoms with E-state index >= 15 is 0 Å². The number of benzene rings is 3. The first kappa shape index (κ1) is 22.8. The minimum atomic E-state index is -4.05. The van der Waals surface area contributed by atoms with Gasteiger partial charge in [-0.15, -0.1) is 0 Å². The molecule has 8 heteroatoms. The molecule has 0 radical (unpaired) electrons. The first-order valence-electron chi connectivity index (χ1n) is 9.55. The lowest BCUT2D eigenvalue weighted by Gasteiger charge is -2.29. The van der Waals surface area contributed by atoms with Crippen LogP contribution in [-0.2, 0) is 27.8 Å². The van der Waals surface area contributed by atoms with E-state index in [-0.39, 0.29) is 17.9 Å². The molecule has 162 valence electrons. The summed E-state index contributed by atoms with van der Waals surface area (Å²) in [6, 6.07) is 20.9. The summed E-state index contributed by atoms with van der Waals surface area (Å²) in [6.07, 6.45) is 0.152. The maximum atomic E-state index is 13.6. The normalized spacial score (nSPS) is 12.5. The lowest BCUT2D eigenvalue weighted by Crippen LogP contribution is -2.48. The van der Waals surface area contributed by atoms with Crippen molar-refractivity contribution >= 4 is 27.5 Å². The number of methoxy groups -OCH3 is 1. The van der Waals surface area contributed by atoms with Gasteiger partial charge in [0.25, 0.3) is 0 Å². The second kappa shape index (κ2) is 9.96. The molecule has 3 rings (SSSR count). The molecule has 0 fully saturated rings. The highest BCUT2D eigenvalue weighted by molar-refractivity contribution is 7.89. The number of carbonyl (C=O) groups is 1. The van der Waals surface area contributed by atoms with Gasteiger partial charge >= 0.3 is 0 Å². The summed E-state index contributed by atoms with van der Waals surface area (Å²) in [4.78, 5) is 12.5. The predicted octanol–water partition coefficient (Wildman–Crippen LogP) is 3.64. The van der Waals surface area contributed by atoms with Crippen molar-refractivity contribution in [3.05, 3.63) is 95.0 Å². The maximum Gasteiger partial charge on any atom is 0.244 e. The van der Waals surface area contributed by atoms with Crippen molar-refractivity contribution in [1.82, 2.24) is 4.31 Å². The number of amides is 1. The van der Waals surface area contributed by atoms with E-state index in [0.717, 1.165) is 9.87 Å². The molecule has 3 aromatic carbocycles. The Morgan fingerprint density at radius 1 is 0.968 bits per heavy atom. The highest BCUT2D eigenvalue weighted by Crippen LogP contribution is 2.25. The molecule has 1 atom stereocenters. The molecule has 0 saturated heterocycles. The van der Waals surface area contributed by atoms with Crippen LogP contribution in [0.4, 0.5) is 0 Å². The Morgan fingerprint density at radius 2 is 1.58 bits per heavy atom. The maximum absolute atomic E-state index is 13.6. The molecule has 6 nitrogen and oxygen atoms in total. The highest BCUT2D eigenvalue weighted by atomic mass is 35.5. The molecule has 31 heavy (non-hydrogen) atoms. The number of ether oxygens (including phenoxy) is 1. The monoisotopic (exact) mass is 458 g/mol. The number of hydrogen-bond acceptors (Lipinski definition) is 4. The van der Waals surface area contributed by atoms with Gasteiger partial charge in [0.2, 0.25) is 15.9 Å². The van der Waals surface area contributed by atoms with Crippen molar-refractivity contribution < 1.29 is 17.9 Å². The average molecular weight is 459 g/mol. The van der Waals surface area contributed by atoms with Gasteiger partial charge < -0.3 is 10.5 Å². The first-order chi connectivity index (χ1) is 14.8. The van der Waals surface area contributed by atoms with E-state index in [0.29, 0.717) is 16.3 Å². The van der Waals surface area contributed by atoms with Gasteiger partial charge in [-0.2, -0.15) is 4.31 Å². The number of nitrogens with zero attached hydrogens (tertiary/aromatic N) is 1. The van der Waals surface area contributed by atoms with Crippen LogP contribution in [0.15, 0.2) is 83.8 Å².